The minimum atomic E-state index is 0.623. The molecular weight excluding hydrogens is 220 g/mol. The highest BCUT2D eigenvalue weighted by atomic mass is 15.0. The lowest BCUT2D eigenvalue weighted by Gasteiger charge is -2.24. The molecule has 0 aliphatic carbocycles. The lowest BCUT2D eigenvalue weighted by molar-refractivity contribution is 0.400. The van der Waals surface area contributed by atoms with Crippen LogP contribution in [0.2, 0.25) is 0 Å². The first-order valence-corrected chi connectivity index (χ1v) is 6.84. The summed E-state index contributed by atoms with van der Waals surface area (Å²) in [4.78, 5) is 0. The van der Waals surface area contributed by atoms with Crippen molar-refractivity contribution in [2.45, 2.75) is 18.9 Å². The van der Waals surface area contributed by atoms with Gasteiger partial charge in [-0.25, -0.2) is 0 Å². The zero-order valence-electron chi connectivity index (χ0n) is 10.7. The molecule has 1 heterocycles. The van der Waals surface area contributed by atoms with Crippen LogP contribution in [0, 0.1) is 0 Å². The third-order valence-corrected chi connectivity index (χ3v) is 3.77. The summed E-state index contributed by atoms with van der Waals surface area (Å²) in [6.45, 7) is 3.30. The Morgan fingerprint density at radius 2 is 1.89 bits per heavy atom. The molecule has 1 saturated heterocycles. The van der Waals surface area contributed by atoms with Gasteiger partial charge >= 0.3 is 0 Å². The van der Waals surface area contributed by atoms with Gasteiger partial charge < -0.3 is 10.6 Å². The van der Waals surface area contributed by atoms with Crippen molar-refractivity contribution < 1.29 is 0 Å². The molecule has 0 radical (unpaired) electrons. The van der Waals surface area contributed by atoms with Crippen molar-refractivity contribution in [3.05, 3.63) is 48.0 Å². The number of hydrogen-bond acceptors (Lipinski definition) is 2. The third-order valence-electron chi connectivity index (χ3n) is 3.77. The predicted molar refractivity (Wildman–Crippen MR) is 76.9 cm³/mol. The van der Waals surface area contributed by atoms with Gasteiger partial charge in [0.15, 0.2) is 0 Å². The fourth-order valence-electron chi connectivity index (χ4n) is 2.76. The molecule has 3 rings (SSSR count). The molecule has 2 heteroatoms. The first kappa shape index (κ1) is 11.7. The van der Waals surface area contributed by atoms with Crippen LogP contribution in [0.25, 0.3) is 10.8 Å². The van der Waals surface area contributed by atoms with E-state index in [9.17, 15) is 0 Å². The van der Waals surface area contributed by atoms with Crippen LogP contribution in [0.4, 0.5) is 0 Å². The number of rotatable bonds is 3. The second kappa shape index (κ2) is 5.51. The number of benzene rings is 2. The van der Waals surface area contributed by atoms with Crippen molar-refractivity contribution in [3.63, 3.8) is 0 Å². The number of fused-ring (bicyclic) bond motifs is 1. The van der Waals surface area contributed by atoms with Gasteiger partial charge in [-0.1, -0.05) is 42.5 Å². The van der Waals surface area contributed by atoms with E-state index in [0.29, 0.717) is 6.04 Å². The van der Waals surface area contributed by atoms with Crippen LogP contribution < -0.4 is 10.6 Å². The fraction of sp³-hybridized carbons (Fsp3) is 0.375. The molecule has 0 amide bonds. The highest BCUT2D eigenvalue weighted by molar-refractivity contribution is 5.85. The van der Waals surface area contributed by atoms with Crippen LogP contribution in [0.5, 0.6) is 0 Å². The Morgan fingerprint density at radius 3 is 2.78 bits per heavy atom. The van der Waals surface area contributed by atoms with Gasteiger partial charge in [0.25, 0.3) is 0 Å². The van der Waals surface area contributed by atoms with Crippen LogP contribution in [0.1, 0.15) is 12.0 Å². The Morgan fingerprint density at radius 1 is 1.00 bits per heavy atom. The maximum absolute atomic E-state index is 3.57. The molecule has 0 bridgehead atoms. The monoisotopic (exact) mass is 240 g/mol. The number of piperazine rings is 1. The van der Waals surface area contributed by atoms with Crippen LogP contribution in [-0.4, -0.2) is 25.7 Å². The SMILES string of the molecule is c1ccc2c(CCC3CNCCN3)cccc2c1. The topological polar surface area (TPSA) is 24.1 Å². The van der Waals surface area contributed by atoms with Crippen LogP contribution in [0.15, 0.2) is 42.5 Å². The van der Waals surface area contributed by atoms with Gasteiger partial charge in [0.1, 0.15) is 0 Å². The third kappa shape index (κ3) is 2.55. The molecule has 1 aliphatic rings. The Balaban J connectivity index is 1.74. The maximum atomic E-state index is 3.57. The molecule has 0 aromatic heterocycles. The summed E-state index contributed by atoms with van der Waals surface area (Å²) in [7, 11) is 0. The average Bonchev–Trinajstić information content (AvgIpc) is 2.46. The molecule has 1 fully saturated rings. The first-order valence-electron chi connectivity index (χ1n) is 6.84. The van der Waals surface area contributed by atoms with Crippen LogP contribution in [0.3, 0.4) is 0 Å². The van der Waals surface area contributed by atoms with E-state index in [0.717, 1.165) is 26.1 Å². The number of hydrogen-bond donors (Lipinski definition) is 2. The van der Waals surface area contributed by atoms with Crippen molar-refractivity contribution in [2.24, 2.45) is 0 Å². The van der Waals surface area contributed by atoms with E-state index in [1.165, 1.54) is 22.8 Å². The lowest BCUT2D eigenvalue weighted by Crippen LogP contribution is -2.48. The van der Waals surface area contributed by atoms with Crippen molar-refractivity contribution in [2.75, 3.05) is 19.6 Å². The van der Waals surface area contributed by atoms with Crippen molar-refractivity contribution in [1.29, 1.82) is 0 Å². The largest absolute Gasteiger partial charge is 0.314 e. The fourth-order valence-corrected chi connectivity index (χ4v) is 2.76. The highest BCUT2D eigenvalue weighted by Gasteiger charge is 2.12. The second-order valence-electron chi connectivity index (χ2n) is 5.03. The number of aryl methyl sites for hydroxylation is 1. The van der Waals surface area contributed by atoms with Gasteiger partial charge in [-0.3, -0.25) is 0 Å². The highest BCUT2D eigenvalue weighted by Crippen LogP contribution is 2.20. The van der Waals surface area contributed by atoms with Crippen LogP contribution in [-0.2, 0) is 6.42 Å². The van der Waals surface area contributed by atoms with Gasteiger partial charge in [0, 0.05) is 25.7 Å². The van der Waals surface area contributed by atoms with Gasteiger partial charge in [-0.05, 0) is 29.2 Å². The molecule has 2 aromatic rings. The van der Waals surface area contributed by atoms with Gasteiger partial charge in [-0.15, -0.1) is 0 Å². The number of nitrogens with one attached hydrogen (secondary N) is 2. The molecule has 1 unspecified atom stereocenters. The van der Waals surface area contributed by atoms with Crippen molar-refractivity contribution in [3.8, 4) is 0 Å². The lowest BCUT2D eigenvalue weighted by atomic mass is 9.98. The van der Waals surface area contributed by atoms with E-state index in [-0.39, 0.29) is 0 Å². The van der Waals surface area contributed by atoms with Crippen LogP contribution >= 0.6 is 0 Å². The average molecular weight is 240 g/mol. The molecule has 18 heavy (non-hydrogen) atoms. The zero-order chi connectivity index (χ0) is 12.2. The molecular formula is C16H20N2. The van der Waals surface area contributed by atoms with Gasteiger partial charge in [0.05, 0.1) is 0 Å². The Kier molecular flexibility index (Phi) is 3.58. The first-order chi connectivity index (χ1) is 8.93. The summed E-state index contributed by atoms with van der Waals surface area (Å²) in [6, 6.07) is 15.9. The quantitative estimate of drug-likeness (QED) is 0.860. The molecule has 2 N–H and O–H groups in total. The van der Waals surface area contributed by atoms with E-state index in [4.69, 9.17) is 0 Å². The summed E-state index contributed by atoms with van der Waals surface area (Å²) in [5, 5.41) is 9.78. The van der Waals surface area contributed by atoms with Gasteiger partial charge in [0.2, 0.25) is 0 Å². The molecule has 2 aromatic carbocycles. The second-order valence-corrected chi connectivity index (χ2v) is 5.03. The molecule has 0 spiro atoms. The van der Waals surface area contributed by atoms with E-state index in [2.05, 4.69) is 53.1 Å². The molecule has 0 saturated carbocycles. The summed E-state index contributed by atoms with van der Waals surface area (Å²) < 4.78 is 0. The summed E-state index contributed by atoms with van der Waals surface area (Å²) in [6.07, 6.45) is 2.36. The van der Waals surface area contributed by atoms with E-state index in [1.54, 1.807) is 0 Å². The molecule has 94 valence electrons. The van der Waals surface area contributed by atoms with Gasteiger partial charge in [-0.2, -0.15) is 0 Å². The normalized spacial score (nSPS) is 20.1. The van der Waals surface area contributed by atoms with E-state index < -0.39 is 0 Å². The van der Waals surface area contributed by atoms with Crippen molar-refractivity contribution >= 4 is 10.8 Å². The van der Waals surface area contributed by atoms with E-state index in [1.807, 2.05) is 0 Å². The summed E-state index contributed by atoms with van der Waals surface area (Å²) in [5.41, 5.74) is 1.47. The Labute approximate surface area is 108 Å². The van der Waals surface area contributed by atoms with E-state index >= 15 is 0 Å². The minimum absolute atomic E-state index is 0.623. The summed E-state index contributed by atoms with van der Waals surface area (Å²) >= 11 is 0. The Bertz CT molecular complexity index is 510. The molecule has 1 atom stereocenters. The summed E-state index contributed by atoms with van der Waals surface area (Å²) in [5.74, 6) is 0. The Hall–Kier alpha value is -1.38. The zero-order valence-corrected chi connectivity index (χ0v) is 10.7. The van der Waals surface area contributed by atoms with Crippen molar-refractivity contribution in [1.82, 2.24) is 10.6 Å². The molecule has 2 nitrogen and oxygen atoms in total. The predicted octanol–water partition coefficient (Wildman–Crippen LogP) is 2.33. The molecule has 1 aliphatic heterocycles. The minimum Gasteiger partial charge on any atom is -0.314 e. The standard InChI is InChI=1S/C16H20N2/c1-2-7-16-13(4-1)5-3-6-14(16)8-9-15-12-17-10-11-18-15/h1-7,15,17-18H,8-12H2. The maximum Gasteiger partial charge on any atom is 0.0196 e. The smallest absolute Gasteiger partial charge is 0.0196 e.